The molecule has 3 aliphatic heterocycles. The molecule has 0 aliphatic carbocycles. The SMILES string of the molecule is O=C(N1CCCC1)N1CCC(c2ccc3c(c2)OCO3)CC1. The van der Waals surface area contributed by atoms with Crippen LogP contribution in [0.15, 0.2) is 18.2 Å². The lowest BCUT2D eigenvalue weighted by Crippen LogP contribution is -2.45. The quantitative estimate of drug-likeness (QED) is 0.801. The predicted molar refractivity (Wildman–Crippen MR) is 82.3 cm³/mol. The third-order valence-corrected chi connectivity index (χ3v) is 5.01. The molecule has 0 bridgehead atoms. The second-order valence-electron chi connectivity index (χ2n) is 6.35. The van der Waals surface area contributed by atoms with Crippen LogP contribution in [0.25, 0.3) is 0 Å². The first-order valence-corrected chi connectivity index (χ1v) is 8.25. The molecule has 1 aromatic carbocycles. The minimum atomic E-state index is 0.238. The number of fused-ring (bicyclic) bond motifs is 1. The number of piperidine rings is 1. The molecular weight excluding hydrogens is 280 g/mol. The minimum Gasteiger partial charge on any atom is -0.454 e. The van der Waals surface area contributed by atoms with Crippen LogP contribution in [0.3, 0.4) is 0 Å². The van der Waals surface area contributed by atoms with Gasteiger partial charge in [-0.3, -0.25) is 0 Å². The number of hydrogen-bond acceptors (Lipinski definition) is 3. The van der Waals surface area contributed by atoms with Crippen molar-refractivity contribution in [3.8, 4) is 11.5 Å². The highest BCUT2D eigenvalue weighted by Crippen LogP contribution is 2.37. The molecule has 118 valence electrons. The van der Waals surface area contributed by atoms with E-state index in [1.165, 1.54) is 5.56 Å². The van der Waals surface area contributed by atoms with Crippen molar-refractivity contribution in [1.29, 1.82) is 0 Å². The molecule has 3 aliphatic rings. The fraction of sp³-hybridized carbons (Fsp3) is 0.588. The lowest BCUT2D eigenvalue weighted by molar-refractivity contribution is 0.148. The van der Waals surface area contributed by atoms with E-state index in [1.54, 1.807) is 0 Å². The molecule has 2 fully saturated rings. The largest absolute Gasteiger partial charge is 0.454 e. The number of benzene rings is 1. The van der Waals surface area contributed by atoms with Crippen molar-refractivity contribution in [2.24, 2.45) is 0 Å². The Balaban J connectivity index is 1.38. The van der Waals surface area contributed by atoms with Crippen molar-refractivity contribution in [2.45, 2.75) is 31.6 Å². The summed E-state index contributed by atoms with van der Waals surface area (Å²) < 4.78 is 10.8. The molecule has 4 rings (SSSR count). The van der Waals surface area contributed by atoms with Crippen molar-refractivity contribution in [3.05, 3.63) is 23.8 Å². The third-order valence-electron chi connectivity index (χ3n) is 5.01. The number of rotatable bonds is 1. The summed E-state index contributed by atoms with van der Waals surface area (Å²) in [6, 6.07) is 6.47. The summed E-state index contributed by atoms with van der Waals surface area (Å²) in [4.78, 5) is 16.4. The standard InChI is InChI=1S/C17H22N2O3/c20-17(18-7-1-2-8-18)19-9-5-13(6-10-19)14-3-4-15-16(11-14)22-12-21-15/h3-4,11,13H,1-2,5-10,12H2. The average Bonchev–Trinajstić information content (AvgIpc) is 3.25. The van der Waals surface area contributed by atoms with Gasteiger partial charge in [-0.15, -0.1) is 0 Å². The van der Waals surface area contributed by atoms with Gasteiger partial charge in [0.05, 0.1) is 0 Å². The van der Waals surface area contributed by atoms with Gasteiger partial charge in [0.25, 0.3) is 0 Å². The molecule has 5 heteroatoms. The molecule has 22 heavy (non-hydrogen) atoms. The Morgan fingerprint density at radius 2 is 1.64 bits per heavy atom. The third kappa shape index (κ3) is 2.49. The minimum absolute atomic E-state index is 0.238. The van der Waals surface area contributed by atoms with Gasteiger partial charge in [-0.25, -0.2) is 4.79 Å². The van der Waals surface area contributed by atoms with E-state index in [9.17, 15) is 4.79 Å². The monoisotopic (exact) mass is 302 g/mol. The Kier molecular flexibility index (Phi) is 3.56. The van der Waals surface area contributed by atoms with E-state index < -0.39 is 0 Å². The van der Waals surface area contributed by atoms with Gasteiger partial charge >= 0.3 is 6.03 Å². The van der Waals surface area contributed by atoms with Crippen LogP contribution in [0, 0.1) is 0 Å². The van der Waals surface area contributed by atoms with E-state index in [4.69, 9.17) is 9.47 Å². The number of amides is 2. The fourth-order valence-corrected chi connectivity index (χ4v) is 3.68. The molecule has 0 atom stereocenters. The number of carbonyl (C=O) groups is 1. The Morgan fingerprint density at radius 3 is 2.41 bits per heavy atom. The van der Waals surface area contributed by atoms with E-state index in [2.05, 4.69) is 12.1 Å². The summed E-state index contributed by atoms with van der Waals surface area (Å²) in [5.41, 5.74) is 1.30. The van der Waals surface area contributed by atoms with Crippen LogP contribution in [0.5, 0.6) is 11.5 Å². The van der Waals surface area contributed by atoms with Gasteiger partial charge < -0.3 is 19.3 Å². The molecule has 3 heterocycles. The highest BCUT2D eigenvalue weighted by Gasteiger charge is 2.28. The lowest BCUT2D eigenvalue weighted by Gasteiger charge is -2.34. The smallest absolute Gasteiger partial charge is 0.319 e. The second kappa shape index (κ2) is 5.71. The molecular formula is C17H22N2O3. The summed E-state index contributed by atoms with van der Waals surface area (Å²) in [5.74, 6) is 2.20. The fourth-order valence-electron chi connectivity index (χ4n) is 3.68. The van der Waals surface area contributed by atoms with Gasteiger partial charge in [0.2, 0.25) is 6.79 Å². The highest BCUT2D eigenvalue weighted by molar-refractivity contribution is 5.74. The Hall–Kier alpha value is -1.91. The van der Waals surface area contributed by atoms with Crippen LogP contribution < -0.4 is 9.47 Å². The molecule has 5 nitrogen and oxygen atoms in total. The summed E-state index contributed by atoms with van der Waals surface area (Å²) in [7, 11) is 0. The van der Waals surface area contributed by atoms with E-state index in [0.717, 1.165) is 63.4 Å². The molecule has 0 radical (unpaired) electrons. The summed E-state index contributed by atoms with van der Waals surface area (Å²) in [5, 5.41) is 0. The molecule has 1 aromatic rings. The molecule has 0 aromatic heterocycles. The summed E-state index contributed by atoms with van der Waals surface area (Å²) >= 11 is 0. The van der Waals surface area contributed by atoms with Crippen molar-refractivity contribution in [3.63, 3.8) is 0 Å². The normalized spacial score (nSPS) is 21.5. The van der Waals surface area contributed by atoms with Gasteiger partial charge in [0.15, 0.2) is 11.5 Å². The number of urea groups is 1. The Morgan fingerprint density at radius 1 is 0.955 bits per heavy atom. The molecule has 2 saturated heterocycles. The molecule has 0 saturated carbocycles. The maximum atomic E-state index is 12.4. The second-order valence-corrected chi connectivity index (χ2v) is 6.35. The van der Waals surface area contributed by atoms with Crippen LogP contribution in [-0.2, 0) is 0 Å². The highest BCUT2D eigenvalue weighted by atomic mass is 16.7. The number of hydrogen-bond donors (Lipinski definition) is 0. The Bertz CT molecular complexity index is 561. The first-order chi connectivity index (χ1) is 10.8. The van der Waals surface area contributed by atoms with Gasteiger partial charge in [-0.1, -0.05) is 6.07 Å². The molecule has 0 spiro atoms. The van der Waals surface area contributed by atoms with Crippen LogP contribution >= 0.6 is 0 Å². The van der Waals surface area contributed by atoms with Gasteiger partial charge in [0.1, 0.15) is 0 Å². The van der Waals surface area contributed by atoms with Gasteiger partial charge in [-0.05, 0) is 49.3 Å². The number of likely N-dealkylation sites (tertiary alicyclic amines) is 2. The van der Waals surface area contributed by atoms with Crippen molar-refractivity contribution in [1.82, 2.24) is 9.80 Å². The van der Waals surface area contributed by atoms with E-state index in [1.807, 2.05) is 15.9 Å². The first kappa shape index (κ1) is 13.7. The van der Waals surface area contributed by atoms with Crippen LogP contribution in [0.2, 0.25) is 0 Å². The molecule has 0 unspecified atom stereocenters. The van der Waals surface area contributed by atoms with Crippen LogP contribution in [-0.4, -0.2) is 48.8 Å². The maximum Gasteiger partial charge on any atom is 0.319 e. The zero-order valence-electron chi connectivity index (χ0n) is 12.8. The predicted octanol–water partition coefficient (Wildman–Crippen LogP) is 2.81. The lowest BCUT2D eigenvalue weighted by atomic mass is 9.89. The van der Waals surface area contributed by atoms with E-state index in [-0.39, 0.29) is 6.03 Å². The number of ether oxygens (including phenoxy) is 2. The topological polar surface area (TPSA) is 42.0 Å². The number of nitrogens with zero attached hydrogens (tertiary/aromatic N) is 2. The van der Waals surface area contributed by atoms with Crippen LogP contribution in [0.1, 0.15) is 37.2 Å². The van der Waals surface area contributed by atoms with Gasteiger partial charge in [0, 0.05) is 26.2 Å². The first-order valence-electron chi connectivity index (χ1n) is 8.25. The summed E-state index contributed by atoms with van der Waals surface area (Å²) in [6.45, 7) is 3.90. The zero-order valence-corrected chi connectivity index (χ0v) is 12.8. The van der Waals surface area contributed by atoms with Crippen molar-refractivity contribution < 1.29 is 14.3 Å². The molecule has 2 amide bonds. The molecule has 0 N–H and O–H groups in total. The zero-order chi connectivity index (χ0) is 14.9. The average molecular weight is 302 g/mol. The summed E-state index contributed by atoms with van der Waals surface area (Å²) in [6.07, 6.45) is 4.36. The van der Waals surface area contributed by atoms with E-state index >= 15 is 0 Å². The maximum absolute atomic E-state index is 12.4. The van der Waals surface area contributed by atoms with Crippen LogP contribution in [0.4, 0.5) is 4.79 Å². The number of carbonyl (C=O) groups excluding carboxylic acids is 1. The van der Waals surface area contributed by atoms with E-state index in [0.29, 0.717) is 12.7 Å². The Labute approximate surface area is 130 Å². The van der Waals surface area contributed by atoms with Gasteiger partial charge in [-0.2, -0.15) is 0 Å². The van der Waals surface area contributed by atoms with Crippen molar-refractivity contribution in [2.75, 3.05) is 33.0 Å². The van der Waals surface area contributed by atoms with Crippen molar-refractivity contribution >= 4 is 6.03 Å².